The molecule has 0 aromatic carbocycles. The van der Waals surface area contributed by atoms with Crippen molar-refractivity contribution in [3.8, 4) is 0 Å². The van der Waals surface area contributed by atoms with Gasteiger partial charge in [0.15, 0.2) is 0 Å². The van der Waals surface area contributed by atoms with Crippen LogP contribution in [0, 0.1) is 5.92 Å². The van der Waals surface area contributed by atoms with E-state index in [0.29, 0.717) is 6.54 Å². The maximum absolute atomic E-state index is 12.0. The smallest absolute Gasteiger partial charge is 0.308 e. The Morgan fingerprint density at radius 2 is 2.15 bits per heavy atom. The van der Waals surface area contributed by atoms with Crippen molar-refractivity contribution in [2.75, 3.05) is 33.4 Å². The Morgan fingerprint density at radius 1 is 1.54 bits per heavy atom. The highest BCUT2D eigenvalue weighted by atomic mass is 19.1. The molecule has 0 bridgehead atoms. The first-order valence-electron chi connectivity index (χ1n) is 4.64. The number of carbonyl (C=O) groups is 1. The van der Waals surface area contributed by atoms with Crippen molar-refractivity contribution in [3.63, 3.8) is 0 Å². The first-order valence-corrected chi connectivity index (χ1v) is 4.64. The molecule has 3 nitrogen and oxygen atoms in total. The maximum Gasteiger partial charge on any atom is 0.308 e. The third-order valence-corrected chi connectivity index (χ3v) is 2.52. The molecule has 0 unspecified atom stereocenters. The van der Waals surface area contributed by atoms with Crippen LogP contribution >= 0.6 is 0 Å². The molecule has 0 saturated carbocycles. The molecule has 4 heteroatoms. The van der Waals surface area contributed by atoms with Crippen LogP contribution in [0.5, 0.6) is 0 Å². The molecule has 0 radical (unpaired) electrons. The lowest BCUT2D eigenvalue weighted by atomic mass is 9.97. The van der Waals surface area contributed by atoms with Crippen LogP contribution < -0.4 is 0 Å². The molecule has 0 aromatic heterocycles. The summed E-state index contributed by atoms with van der Waals surface area (Å²) < 4.78 is 16.6. The fourth-order valence-electron chi connectivity index (χ4n) is 1.68. The molecular weight excluding hydrogens is 173 g/mol. The normalized spacial score (nSPS) is 20.2. The zero-order valence-corrected chi connectivity index (χ0v) is 7.96. The Morgan fingerprint density at radius 3 is 2.62 bits per heavy atom. The lowest BCUT2D eigenvalue weighted by Crippen LogP contribution is -2.37. The van der Waals surface area contributed by atoms with Crippen LogP contribution in [0.2, 0.25) is 0 Å². The van der Waals surface area contributed by atoms with Gasteiger partial charge in [-0.15, -0.1) is 0 Å². The van der Waals surface area contributed by atoms with Gasteiger partial charge in [-0.2, -0.15) is 0 Å². The zero-order chi connectivity index (χ0) is 9.68. The van der Waals surface area contributed by atoms with E-state index in [1.807, 2.05) is 4.90 Å². The van der Waals surface area contributed by atoms with Crippen molar-refractivity contribution in [2.24, 2.45) is 5.92 Å². The molecule has 76 valence electrons. The van der Waals surface area contributed by atoms with Gasteiger partial charge in [-0.25, -0.2) is 4.39 Å². The molecule has 1 fully saturated rings. The number of rotatable bonds is 3. The van der Waals surface area contributed by atoms with E-state index in [-0.39, 0.29) is 18.6 Å². The number of likely N-dealkylation sites (tertiary alicyclic amines) is 1. The standard InChI is InChI=1S/C9H16FNO2/c1-13-9(12)8-2-5-11(6-3-8)7-4-10/h8H,2-7H2,1H3. The van der Waals surface area contributed by atoms with Crippen LogP contribution in [0.15, 0.2) is 0 Å². The van der Waals surface area contributed by atoms with Crippen molar-refractivity contribution >= 4 is 5.97 Å². The molecular formula is C9H16FNO2. The summed E-state index contributed by atoms with van der Waals surface area (Å²) in [4.78, 5) is 13.2. The predicted octanol–water partition coefficient (Wildman–Crippen LogP) is 0.841. The third-order valence-electron chi connectivity index (χ3n) is 2.52. The maximum atomic E-state index is 12.0. The van der Waals surface area contributed by atoms with Crippen molar-refractivity contribution in [1.82, 2.24) is 4.90 Å². The zero-order valence-electron chi connectivity index (χ0n) is 7.96. The van der Waals surface area contributed by atoms with E-state index in [1.54, 1.807) is 0 Å². The Bertz CT molecular complexity index is 167. The molecule has 0 atom stereocenters. The monoisotopic (exact) mass is 189 g/mol. The van der Waals surface area contributed by atoms with Crippen molar-refractivity contribution < 1.29 is 13.9 Å². The predicted molar refractivity (Wildman–Crippen MR) is 47.2 cm³/mol. The fraction of sp³-hybridized carbons (Fsp3) is 0.889. The minimum Gasteiger partial charge on any atom is -0.469 e. The van der Waals surface area contributed by atoms with Gasteiger partial charge in [-0.05, 0) is 25.9 Å². The van der Waals surface area contributed by atoms with Crippen molar-refractivity contribution in [1.29, 1.82) is 0 Å². The van der Waals surface area contributed by atoms with Gasteiger partial charge in [0, 0.05) is 6.54 Å². The number of piperidine rings is 1. The number of methoxy groups -OCH3 is 1. The van der Waals surface area contributed by atoms with E-state index in [1.165, 1.54) is 7.11 Å². The summed E-state index contributed by atoms with van der Waals surface area (Å²) in [6.45, 7) is 1.81. The van der Waals surface area contributed by atoms with Crippen LogP contribution in [-0.2, 0) is 9.53 Å². The van der Waals surface area contributed by atoms with Crippen LogP contribution in [0.25, 0.3) is 0 Å². The summed E-state index contributed by atoms with van der Waals surface area (Å²) in [6.07, 6.45) is 1.60. The Balaban J connectivity index is 2.26. The molecule has 0 aromatic rings. The number of alkyl halides is 1. The summed E-state index contributed by atoms with van der Waals surface area (Å²) in [5.41, 5.74) is 0. The largest absolute Gasteiger partial charge is 0.469 e. The number of hydrogen-bond acceptors (Lipinski definition) is 3. The second-order valence-corrected chi connectivity index (χ2v) is 3.33. The second-order valence-electron chi connectivity index (χ2n) is 3.33. The number of ether oxygens (including phenoxy) is 1. The number of nitrogens with zero attached hydrogens (tertiary/aromatic N) is 1. The minimum absolute atomic E-state index is 0.0286. The highest BCUT2D eigenvalue weighted by Crippen LogP contribution is 2.17. The minimum atomic E-state index is -0.303. The Kier molecular flexibility index (Phi) is 4.15. The third kappa shape index (κ3) is 2.95. The van der Waals surface area contributed by atoms with Gasteiger partial charge in [0.25, 0.3) is 0 Å². The topological polar surface area (TPSA) is 29.5 Å². The average molecular weight is 189 g/mol. The summed E-state index contributed by atoms with van der Waals surface area (Å²) in [5, 5.41) is 0. The molecule has 1 heterocycles. The number of hydrogen-bond donors (Lipinski definition) is 0. The highest BCUT2D eigenvalue weighted by molar-refractivity contribution is 5.72. The summed E-state index contributed by atoms with van der Waals surface area (Å²) in [7, 11) is 1.41. The average Bonchev–Trinajstić information content (AvgIpc) is 2.18. The quantitative estimate of drug-likeness (QED) is 0.616. The molecule has 0 N–H and O–H groups in total. The fourth-order valence-corrected chi connectivity index (χ4v) is 1.68. The summed E-state index contributed by atoms with van der Waals surface area (Å²) >= 11 is 0. The number of esters is 1. The lowest BCUT2D eigenvalue weighted by Gasteiger charge is -2.29. The van der Waals surface area contributed by atoms with Crippen LogP contribution in [-0.4, -0.2) is 44.3 Å². The van der Waals surface area contributed by atoms with Crippen LogP contribution in [0.4, 0.5) is 4.39 Å². The van der Waals surface area contributed by atoms with E-state index in [9.17, 15) is 9.18 Å². The molecule has 1 aliphatic heterocycles. The van der Waals surface area contributed by atoms with Crippen molar-refractivity contribution in [2.45, 2.75) is 12.8 Å². The van der Waals surface area contributed by atoms with E-state index < -0.39 is 0 Å². The summed E-state index contributed by atoms with van der Waals surface area (Å²) in [5.74, 6) is -0.0965. The van der Waals surface area contributed by atoms with E-state index in [2.05, 4.69) is 4.74 Å². The van der Waals surface area contributed by atoms with E-state index in [0.717, 1.165) is 25.9 Å². The SMILES string of the molecule is COC(=O)C1CCN(CCF)CC1. The number of carbonyl (C=O) groups excluding carboxylic acids is 1. The molecule has 1 aliphatic rings. The van der Waals surface area contributed by atoms with Crippen molar-refractivity contribution in [3.05, 3.63) is 0 Å². The summed E-state index contributed by atoms with van der Waals surface area (Å²) in [6, 6.07) is 0. The second kappa shape index (κ2) is 5.17. The van der Waals surface area contributed by atoms with E-state index >= 15 is 0 Å². The molecule has 13 heavy (non-hydrogen) atoms. The Hall–Kier alpha value is -0.640. The Labute approximate surface area is 77.9 Å². The van der Waals surface area contributed by atoms with Crippen LogP contribution in [0.1, 0.15) is 12.8 Å². The van der Waals surface area contributed by atoms with Gasteiger partial charge >= 0.3 is 5.97 Å². The highest BCUT2D eigenvalue weighted by Gasteiger charge is 2.24. The van der Waals surface area contributed by atoms with Gasteiger partial charge in [-0.3, -0.25) is 4.79 Å². The molecule has 1 saturated heterocycles. The van der Waals surface area contributed by atoms with Crippen LogP contribution in [0.3, 0.4) is 0 Å². The first-order chi connectivity index (χ1) is 6.27. The number of halogens is 1. The van der Waals surface area contributed by atoms with Gasteiger partial charge in [0.1, 0.15) is 6.67 Å². The lowest BCUT2D eigenvalue weighted by molar-refractivity contribution is -0.147. The first kappa shape index (κ1) is 10.4. The van der Waals surface area contributed by atoms with Gasteiger partial charge in [0.2, 0.25) is 0 Å². The van der Waals surface area contributed by atoms with Gasteiger partial charge < -0.3 is 9.64 Å². The molecule has 0 aliphatic carbocycles. The van der Waals surface area contributed by atoms with E-state index in [4.69, 9.17) is 0 Å². The van der Waals surface area contributed by atoms with Gasteiger partial charge in [0.05, 0.1) is 13.0 Å². The molecule has 0 spiro atoms. The molecule has 1 rings (SSSR count). The molecule has 0 amide bonds. The van der Waals surface area contributed by atoms with Gasteiger partial charge in [-0.1, -0.05) is 0 Å².